The second-order valence-electron chi connectivity index (χ2n) is 3.55. The van der Waals surface area contributed by atoms with E-state index in [4.69, 9.17) is 17.3 Å². The van der Waals surface area contributed by atoms with Crippen LogP contribution in [0.2, 0.25) is 5.02 Å². The number of hydrogen-bond acceptors (Lipinski definition) is 3. The molecule has 3 nitrogen and oxygen atoms in total. The third-order valence-electron chi connectivity index (χ3n) is 2.19. The van der Waals surface area contributed by atoms with E-state index in [1.807, 2.05) is 6.07 Å². The molecule has 0 saturated carbocycles. The average Bonchev–Trinajstić information content (AvgIpc) is 2.23. The molecule has 1 rings (SSSR count). The summed E-state index contributed by atoms with van der Waals surface area (Å²) < 4.78 is 0. The second-order valence-corrected chi connectivity index (χ2v) is 3.99. The van der Waals surface area contributed by atoms with Crippen LogP contribution in [-0.2, 0) is 6.42 Å². The van der Waals surface area contributed by atoms with E-state index in [0.717, 1.165) is 31.5 Å². The molecule has 84 valence electrons. The Hall–Kier alpha value is -0.800. The summed E-state index contributed by atoms with van der Waals surface area (Å²) >= 11 is 5.85. The summed E-state index contributed by atoms with van der Waals surface area (Å²) in [4.78, 5) is 4.02. The van der Waals surface area contributed by atoms with Gasteiger partial charge in [-0.1, -0.05) is 18.5 Å². The van der Waals surface area contributed by atoms with Crippen LogP contribution in [0.15, 0.2) is 12.3 Å². The van der Waals surface area contributed by atoms with E-state index in [9.17, 15) is 0 Å². The Morgan fingerprint density at radius 1 is 1.47 bits per heavy atom. The lowest BCUT2D eigenvalue weighted by atomic mass is 10.1. The average molecular weight is 228 g/mol. The van der Waals surface area contributed by atoms with Crippen LogP contribution >= 0.6 is 11.6 Å². The minimum absolute atomic E-state index is 0.592. The van der Waals surface area contributed by atoms with Gasteiger partial charge in [0, 0.05) is 6.20 Å². The van der Waals surface area contributed by atoms with Crippen molar-refractivity contribution < 1.29 is 0 Å². The Bertz CT molecular complexity index is 302. The number of nitrogen functional groups attached to an aromatic ring is 1. The van der Waals surface area contributed by atoms with E-state index in [1.165, 1.54) is 6.42 Å². The SMILES string of the molecule is CCCNCCCc1cc(Cl)cnc1N. The number of nitrogens with zero attached hydrogens (tertiary/aromatic N) is 1. The zero-order valence-electron chi connectivity index (χ0n) is 9.09. The maximum atomic E-state index is 5.85. The number of aromatic nitrogens is 1. The Balaban J connectivity index is 2.33. The monoisotopic (exact) mass is 227 g/mol. The third kappa shape index (κ3) is 4.49. The lowest BCUT2D eigenvalue weighted by Crippen LogP contribution is -2.16. The molecule has 0 amide bonds. The molecular weight excluding hydrogens is 210 g/mol. The molecule has 3 N–H and O–H groups in total. The molecule has 0 unspecified atom stereocenters. The Morgan fingerprint density at radius 2 is 2.27 bits per heavy atom. The highest BCUT2D eigenvalue weighted by molar-refractivity contribution is 6.30. The minimum Gasteiger partial charge on any atom is -0.383 e. The summed E-state index contributed by atoms with van der Waals surface area (Å²) in [7, 11) is 0. The van der Waals surface area contributed by atoms with Gasteiger partial charge >= 0.3 is 0 Å². The van der Waals surface area contributed by atoms with Crippen molar-refractivity contribution in [3.63, 3.8) is 0 Å². The van der Waals surface area contributed by atoms with Gasteiger partial charge in [-0.2, -0.15) is 0 Å². The Morgan fingerprint density at radius 3 is 3.00 bits per heavy atom. The zero-order chi connectivity index (χ0) is 11.1. The lowest BCUT2D eigenvalue weighted by molar-refractivity contribution is 0.640. The van der Waals surface area contributed by atoms with Gasteiger partial charge in [0.2, 0.25) is 0 Å². The molecule has 15 heavy (non-hydrogen) atoms. The van der Waals surface area contributed by atoms with Crippen LogP contribution in [0.5, 0.6) is 0 Å². The smallest absolute Gasteiger partial charge is 0.126 e. The van der Waals surface area contributed by atoms with Crippen LogP contribution in [0.4, 0.5) is 5.82 Å². The fourth-order valence-corrected chi connectivity index (χ4v) is 1.58. The van der Waals surface area contributed by atoms with E-state index in [1.54, 1.807) is 6.20 Å². The summed E-state index contributed by atoms with van der Waals surface area (Å²) in [6.45, 7) is 4.24. The van der Waals surface area contributed by atoms with Crippen molar-refractivity contribution in [2.75, 3.05) is 18.8 Å². The quantitative estimate of drug-likeness (QED) is 0.733. The number of nitrogens with one attached hydrogen (secondary N) is 1. The van der Waals surface area contributed by atoms with Crippen molar-refractivity contribution >= 4 is 17.4 Å². The molecule has 0 spiro atoms. The summed E-state index contributed by atoms with van der Waals surface area (Å²) in [5.74, 6) is 0.592. The predicted molar refractivity (Wildman–Crippen MR) is 65.1 cm³/mol. The summed E-state index contributed by atoms with van der Waals surface area (Å²) in [5, 5.41) is 4.00. The number of anilines is 1. The molecule has 0 aromatic carbocycles. The van der Waals surface area contributed by atoms with Gasteiger partial charge in [-0.05, 0) is 44.0 Å². The highest BCUT2D eigenvalue weighted by Crippen LogP contribution is 2.16. The van der Waals surface area contributed by atoms with Crippen LogP contribution in [0.25, 0.3) is 0 Å². The van der Waals surface area contributed by atoms with Crippen LogP contribution < -0.4 is 11.1 Å². The first kappa shape index (κ1) is 12.3. The topological polar surface area (TPSA) is 50.9 Å². The standard InChI is InChI=1S/C11H18ClN3/c1-2-5-14-6-3-4-9-7-10(12)8-15-11(9)13/h7-8,14H,2-6H2,1H3,(H2,13,15). The molecule has 0 bridgehead atoms. The van der Waals surface area contributed by atoms with Crippen LogP contribution in [0.3, 0.4) is 0 Å². The van der Waals surface area contributed by atoms with E-state index in [-0.39, 0.29) is 0 Å². The van der Waals surface area contributed by atoms with Crippen LogP contribution in [0.1, 0.15) is 25.3 Å². The molecular formula is C11H18ClN3. The number of aryl methyl sites for hydroxylation is 1. The van der Waals surface area contributed by atoms with Gasteiger partial charge in [-0.3, -0.25) is 0 Å². The van der Waals surface area contributed by atoms with Gasteiger partial charge < -0.3 is 11.1 Å². The number of nitrogens with two attached hydrogens (primary N) is 1. The number of rotatable bonds is 6. The minimum atomic E-state index is 0.592. The van der Waals surface area contributed by atoms with Crippen LogP contribution in [-0.4, -0.2) is 18.1 Å². The fourth-order valence-electron chi connectivity index (χ4n) is 1.40. The molecule has 0 aliphatic carbocycles. The molecule has 4 heteroatoms. The molecule has 1 aromatic heterocycles. The van der Waals surface area contributed by atoms with E-state index >= 15 is 0 Å². The first-order valence-electron chi connectivity index (χ1n) is 5.34. The predicted octanol–water partition coefficient (Wildman–Crippen LogP) is 2.25. The number of pyridine rings is 1. The molecule has 0 radical (unpaired) electrons. The molecule has 0 aliphatic rings. The van der Waals surface area contributed by atoms with Crippen molar-refractivity contribution in [3.05, 3.63) is 22.8 Å². The molecule has 0 fully saturated rings. The van der Waals surface area contributed by atoms with Gasteiger partial charge in [-0.25, -0.2) is 4.98 Å². The molecule has 0 saturated heterocycles. The molecule has 0 aliphatic heterocycles. The lowest BCUT2D eigenvalue weighted by Gasteiger charge is -2.05. The van der Waals surface area contributed by atoms with E-state index < -0.39 is 0 Å². The largest absolute Gasteiger partial charge is 0.383 e. The first-order valence-corrected chi connectivity index (χ1v) is 5.72. The van der Waals surface area contributed by atoms with Gasteiger partial charge in [-0.15, -0.1) is 0 Å². The first-order chi connectivity index (χ1) is 7.24. The van der Waals surface area contributed by atoms with Gasteiger partial charge in [0.1, 0.15) is 5.82 Å². The van der Waals surface area contributed by atoms with Crippen molar-refractivity contribution in [2.24, 2.45) is 0 Å². The Kier molecular flexibility index (Phi) is 5.43. The maximum absolute atomic E-state index is 5.85. The van der Waals surface area contributed by atoms with Crippen molar-refractivity contribution in [2.45, 2.75) is 26.2 Å². The fraction of sp³-hybridized carbons (Fsp3) is 0.545. The van der Waals surface area contributed by atoms with Gasteiger partial charge in [0.15, 0.2) is 0 Å². The normalized spacial score (nSPS) is 10.5. The molecule has 1 heterocycles. The summed E-state index contributed by atoms with van der Waals surface area (Å²) in [5.41, 5.74) is 6.78. The molecule has 0 atom stereocenters. The highest BCUT2D eigenvalue weighted by atomic mass is 35.5. The number of halogens is 1. The maximum Gasteiger partial charge on any atom is 0.126 e. The van der Waals surface area contributed by atoms with Gasteiger partial charge in [0.05, 0.1) is 5.02 Å². The Labute approximate surface area is 96.0 Å². The van der Waals surface area contributed by atoms with Crippen molar-refractivity contribution in [1.82, 2.24) is 10.3 Å². The molecule has 1 aromatic rings. The van der Waals surface area contributed by atoms with Gasteiger partial charge in [0.25, 0.3) is 0 Å². The zero-order valence-corrected chi connectivity index (χ0v) is 9.85. The third-order valence-corrected chi connectivity index (χ3v) is 2.40. The van der Waals surface area contributed by atoms with E-state index in [2.05, 4.69) is 17.2 Å². The van der Waals surface area contributed by atoms with Crippen LogP contribution in [0, 0.1) is 0 Å². The van der Waals surface area contributed by atoms with Crippen molar-refractivity contribution in [1.29, 1.82) is 0 Å². The number of hydrogen-bond donors (Lipinski definition) is 2. The summed E-state index contributed by atoms with van der Waals surface area (Å²) in [6.07, 6.45) is 4.74. The summed E-state index contributed by atoms with van der Waals surface area (Å²) in [6, 6.07) is 1.89. The second kappa shape index (κ2) is 6.64. The highest BCUT2D eigenvalue weighted by Gasteiger charge is 2.01. The van der Waals surface area contributed by atoms with E-state index in [0.29, 0.717) is 10.8 Å². The van der Waals surface area contributed by atoms with Crippen molar-refractivity contribution in [3.8, 4) is 0 Å².